The molecule has 5 aromatic rings. The van der Waals surface area contributed by atoms with Crippen molar-refractivity contribution in [2.24, 2.45) is 11.1 Å². The molecule has 1 aliphatic rings. The molecule has 0 spiro atoms. The second-order valence-electron chi connectivity index (χ2n) is 13.0. The minimum absolute atomic E-state index is 0.0609. The molecule has 0 saturated heterocycles. The zero-order valence-corrected chi connectivity index (χ0v) is 28.8. The van der Waals surface area contributed by atoms with Crippen molar-refractivity contribution in [1.82, 2.24) is 10.6 Å². The number of carboxylic acids is 1. The summed E-state index contributed by atoms with van der Waals surface area (Å²) in [6.45, 7) is 3.24. The van der Waals surface area contributed by atoms with E-state index in [-0.39, 0.29) is 24.9 Å². The van der Waals surface area contributed by atoms with Crippen molar-refractivity contribution >= 4 is 50.8 Å². The van der Waals surface area contributed by atoms with E-state index in [2.05, 4.69) is 15.8 Å². The predicted molar refractivity (Wildman–Crippen MR) is 196 cm³/mol. The molecule has 0 aliphatic carbocycles. The number of rotatable bonds is 15. The van der Waals surface area contributed by atoms with Gasteiger partial charge < -0.3 is 30.1 Å². The largest absolute Gasteiger partial charge is 0.485 e. The maximum absolute atomic E-state index is 14.1. The van der Waals surface area contributed by atoms with Gasteiger partial charge in [0.2, 0.25) is 0 Å². The van der Waals surface area contributed by atoms with Crippen LogP contribution in [0.15, 0.2) is 120 Å². The summed E-state index contributed by atoms with van der Waals surface area (Å²) in [5.41, 5.74) is 1.53. The molecule has 0 bridgehead atoms. The summed E-state index contributed by atoms with van der Waals surface area (Å²) >= 11 is 0. The third kappa shape index (κ3) is 8.27. The van der Waals surface area contributed by atoms with Crippen LogP contribution < -0.4 is 15.4 Å². The summed E-state index contributed by atoms with van der Waals surface area (Å²) < 4.78 is 12.0. The Morgan fingerprint density at radius 2 is 1.52 bits per heavy atom. The lowest BCUT2D eigenvalue weighted by Gasteiger charge is -2.28. The van der Waals surface area contributed by atoms with Gasteiger partial charge in [-0.25, -0.2) is 0 Å². The van der Waals surface area contributed by atoms with Crippen LogP contribution in [0.2, 0.25) is 0 Å². The quantitative estimate of drug-likeness (QED) is 0.119. The van der Waals surface area contributed by atoms with Gasteiger partial charge in [0.1, 0.15) is 18.4 Å². The monoisotopic (exact) mass is 701 g/mol. The van der Waals surface area contributed by atoms with Crippen molar-refractivity contribution in [3.05, 3.63) is 126 Å². The van der Waals surface area contributed by atoms with Gasteiger partial charge in [-0.2, -0.15) is 0 Å². The fourth-order valence-corrected chi connectivity index (χ4v) is 6.09. The third-order valence-corrected chi connectivity index (χ3v) is 8.90. The standard InChI is InChI=1S/C41H39N3O8/c1-26(2)38(43-39(48)31-20-19-28-13-6-7-15-30(28)21-31)34-23-41(52-44-34,51-24-27-11-4-3-5-12-27)40(49)42-33(22-37(46)47)35(45)25-50-36-18-10-16-29-14-8-9-17-32(29)36/h3-21,26,33,38H,22-25H2,1-2H3,(H,42,49)(H,43,48)(H,46,47)/t33-,38-,41?/m0/s1. The van der Waals surface area contributed by atoms with Crippen LogP contribution in [0.25, 0.3) is 21.5 Å². The first kappa shape index (κ1) is 35.7. The molecule has 11 heteroatoms. The van der Waals surface area contributed by atoms with Gasteiger partial charge in [0.15, 0.2) is 5.78 Å². The normalized spacial score (nSPS) is 16.5. The zero-order chi connectivity index (χ0) is 36.7. The Morgan fingerprint density at radius 1 is 0.827 bits per heavy atom. The number of carboxylic acid groups (broad SMARTS) is 1. The van der Waals surface area contributed by atoms with E-state index in [4.69, 9.17) is 14.3 Å². The third-order valence-electron chi connectivity index (χ3n) is 8.90. The molecule has 2 amide bonds. The van der Waals surface area contributed by atoms with E-state index < -0.39 is 48.6 Å². The molecule has 0 radical (unpaired) electrons. The molecule has 266 valence electrons. The Morgan fingerprint density at radius 3 is 2.27 bits per heavy atom. The maximum atomic E-state index is 14.1. The first-order valence-electron chi connectivity index (χ1n) is 17.0. The molecule has 11 nitrogen and oxygen atoms in total. The van der Waals surface area contributed by atoms with Crippen LogP contribution in [0.1, 0.15) is 42.6 Å². The second-order valence-corrected chi connectivity index (χ2v) is 13.0. The van der Waals surface area contributed by atoms with E-state index >= 15 is 0 Å². The number of Topliss-reactive ketones (excluding diaryl/α,β-unsaturated/α-hetero) is 1. The highest BCUT2D eigenvalue weighted by Gasteiger charge is 2.51. The molecule has 1 heterocycles. The highest BCUT2D eigenvalue weighted by molar-refractivity contribution is 6.04. The molecule has 1 unspecified atom stereocenters. The first-order chi connectivity index (χ1) is 25.1. The Labute approximate surface area is 300 Å². The number of oxime groups is 1. The highest BCUT2D eigenvalue weighted by atomic mass is 16.8. The molecule has 3 atom stereocenters. The average molecular weight is 702 g/mol. The summed E-state index contributed by atoms with van der Waals surface area (Å²) in [6, 6.07) is 33.0. The molecule has 52 heavy (non-hydrogen) atoms. The number of amides is 2. The van der Waals surface area contributed by atoms with Gasteiger partial charge >= 0.3 is 11.8 Å². The van der Waals surface area contributed by atoms with Gasteiger partial charge in [0.25, 0.3) is 11.8 Å². The lowest BCUT2D eigenvalue weighted by Crippen LogP contribution is -2.55. The summed E-state index contributed by atoms with van der Waals surface area (Å²) in [6.07, 6.45) is -0.907. The Hall–Kier alpha value is -6.07. The maximum Gasteiger partial charge on any atom is 0.321 e. The molecule has 3 N–H and O–H groups in total. The number of ether oxygens (including phenoxy) is 2. The van der Waals surface area contributed by atoms with Crippen molar-refractivity contribution in [3.8, 4) is 5.75 Å². The summed E-state index contributed by atoms with van der Waals surface area (Å²) in [4.78, 5) is 58.8. The molecular weight excluding hydrogens is 662 g/mol. The minimum Gasteiger partial charge on any atom is -0.485 e. The molecule has 0 aromatic heterocycles. The Balaban J connectivity index is 1.21. The molecule has 0 saturated carbocycles. The van der Waals surface area contributed by atoms with Crippen molar-refractivity contribution in [2.45, 2.75) is 51.2 Å². The number of hydrogen-bond acceptors (Lipinski definition) is 8. The van der Waals surface area contributed by atoms with Crippen LogP contribution in [-0.2, 0) is 30.6 Å². The highest BCUT2D eigenvalue weighted by Crippen LogP contribution is 2.31. The van der Waals surface area contributed by atoms with E-state index in [9.17, 15) is 24.3 Å². The smallest absolute Gasteiger partial charge is 0.321 e. The number of fused-ring (bicyclic) bond motifs is 2. The molecule has 5 aromatic carbocycles. The van der Waals surface area contributed by atoms with Crippen molar-refractivity contribution in [1.29, 1.82) is 0 Å². The van der Waals surface area contributed by atoms with Crippen LogP contribution >= 0.6 is 0 Å². The van der Waals surface area contributed by atoms with Gasteiger partial charge in [0.05, 0.1) is 31.2 Å². The minimum atomic E-state index is -2.07. The Bertz CT molecular complexity index is 2130. The fraction of sp³-hybridized carbons (Fsp3) is 0.244. The summed E-state index contributed by atoms with van der Waals surface area (Å²) in [5.74, 6) is -5.00. The lowest BCUT2D eigenvalue weighted by molar-refractivity contribution is -0.225. The summed E-state index contributed by atoms with van der Waals surface area (Å²) in [7, 11) is 0. The van der Waals surface area contributed by atoms with E-state index in [1.54, 1.807) is 24.3 Å². The van der Waals surface area contributed by atoms with Crippen molar-refractivity contribution in [2.75, 3.05) is 6.61 Å². The molecular formula is C41H39N3O8. The van der Waals surface area contributed by atoms with Crippen LogP contribution in [0.5, 0.6) is 5.75 Å². The number of carbonyl (C=O) groups excluding carboxylic acids is 3. The molecule has 6 rings (SSSR count). The number of carbonyl (C=O) groups is 4. The van der Waals surface area contributed by atoms with Crippen LogP contribution in [0, 0.1) is 5.92 Å². The number of benzene rings is 5. The van der Waals surface area contributed by atoms with E-state index in [1.165, 1.54) is 0 Å². The van der Waals surface area contributed by atoms with Gasteiger partial charge in [-0.05, 0) is 45.8 Å². The van der Waals surface area contributed by atoms with Gasteiger partial charge in [-0.15, -0.1) is 0 Å². The van der Waals surface area contributed by atoms with E-state index in [0.29, 0.717) is 17.0 Å². The van der Waals surface area contributed by atoms with Crippen LogP contribution in [0.4, 0.5) is 0 Å². The number of ketones is 1. The number of hydrogen-bond donors (Lipinski definition) is 3. The lowest BCUT2D eigenvalue weighted by atomic mass is 9.93. The van der Waals surface area contributed by atoms with Gasteiger partial charge in [-0.1, -0.05) is 116 Å². The van der Waals surface area contributed by atoms with Crippen molar-refractivity contribution in [3.63, 3.8) is 0 Å². The fourth-order valence-electron chi connectivity index (χ4n) is 6.09. The molecule has 1 aliphatic heterocycles. The first-order valence-corrected chi connectivity index (χ1v) is 17.0. The van der Waals surface area contributed by atoms with Gasteiger partial charge in [-0.3, -0.25) is 19.2 Å². The predicted octanol–water partition coefficient (Wildman–Crippen LogP) is 6.04. The van der Waals surface area contributed by atoms with E-state index in [1.807, 2.05) is 105 Å². The van der Waals surface area contributed by atoms with Crippen LogP contribution in [0.3, 0.4) is 0 Å². The number of nitrogens with one attached hydrogen (secondary N) is 2. The van der Waals surface area contributed by atoms with Crippen LogP contribution in [-0.4, -0.2) is 58.9 Å². The van der Waals surface area contributed by atoms with Crippen molar-refractivity contribution < 1.29 is 38.6 Å². The topological polar surface area (TPSA) is 153 Å². The molecule has 0 fully saturated rings. The number of aliphatic carboxylic acids is 1. The summed E-state index contributed by atoms with van der Waals surface area (Å²) in [5, 5.41) is 23.1. The number of nitrogens with zero attached hydrogens (tertiary/aromatic N) is 1. The van der Waals surface area contributed by atoms with E-state index in [0.717, 1.165) is 27.1 Å². The SMILES string of the molecule is CC(C)[C@H](NC(=O)c1ccc2ccccc2c1)C1=NOC(OCc2ccccc2)(C(=O)N[C@@H](CC(=O)O)C(=O)COc2cccc3ccccc23)C1. The average Bonchev–Trinajstić information content (AvgIpc) is 3.60. The van der Waals surface area contributed by atoms with Gasteiger partial charge in [0, 0.05) is 10.9 Å². The zero-order valence-electron chi connectivity index (χ0n) is 28.8. The Kier molecular flexibility index (Phi) is 10.9. The second kappa shape index (κ2) is 15.9.